The number of likely N-dealkylation sites (tertiary alicyclic amines) is 1. The molecule has 3 rings (SSSR count). The van der Waals surface area contributed by atoms with E-state index in [0.29, 0.717) is 48.5 Å². The van der Waals surface area contributed by atoms with Crippen LogP contribution in [0.3, 0.4) is 0 Å². The van der Waals surface area contributed by atoms with Crippen LogP contribution < -0.4 is 5.32 Å². The Labute approximate surface area is 276 Å². The molecule has 1 aliphatic rings. The van der Waals surface area contributed by atoms with Gasteiger partial charge in [0.25, 0.3) is 0 Å². The lowest BCUT2D eigenvalue weighted by molar-refractivity contribution is -0.147. The summed E-state index contributed by atoms with van der Waals surface area (Å²) in [5.74, 6) is -1.88. The standard InChI is InChI=1S/C32H42N2O10S2/c1-31(2,3)43-29(39)33-16-8-7-11-27(37)41-18-21(35)23-12-14-25(45-23)26-15-13-24(46-26)22(36)19-42-28(38)20-10-9-17-34(20)30(40)44-32(4,5)6/h12-15,20H,7-11,16-19H2,1-6H3,(H,33,39)/t20-/m0/s1. The normalized spacial score (nSPS) is 14.8. The van der Waals surface area contributed by atoms with Gasteiger partial charge in [0.15, 0.2) is 13.2 Å². The Morgan fingerprint density at radius 3 is 1.93 bits per heavy atom. The number of nitrogens with one attached hydrogen (secondary N) is 1. The Balaban J connectivity index is 1.41. The third kappa shape index (κ3) is 11.9. The van der Waals surface area contributed by atoms with Crippen molar-refractivity contribution in [3.8, 4) is 9.75 Å². The number of alkyl carbamates (subject to hydrolysis) is 1. The van der Waals surface area contributed by atoms with Gasteiger partial charge in [0, 0.05) is 29.3 Å². The molecule has 1 N–H and O–H groups in total. The van der Waals surface area contributed by atoms with E-state index in [1.165, 1.54) is 27.6 Å². The maximum atomic E-state index is 12.8. The fraction of sp³-hybridized carbons (Fsp3) is 0.562. The van der Waals surface area contributed by atoms with Gasteiger partial charge in [-0.25, -0.2) is 14.4 Å². The summed E-state index contributed by atoms with van der Waals surface area (Å²) in [4.78, 5) is 77.9. The van der Waals surface area contributed by atoms with Gasteiger partial charge in [-0.05, 0) is 91.5 Å². The number of amides is 2. The number of rotatable bonds is 13. The van der Waals surface area contributed by atoms with Crippen LogP contribution in [0.2, 0.25) is 0 Å². The van der Waals surface area contributed by atoms with Gasteiger partial charge in [-0.2, -0.15) is 0 Å². The Morgan fingerprint density at radius 2 is 1.37 bits per heavy atom. The predicted octanol–water partition coefficient (Wildman–Crippen LogP) is 6.02. The zero-order valence-corrected chi connectivity index (χ0v) is 28.7. The monoisotopic (exact) mass is 678 g/mol. The SMILES string of the molecule is CC(C)(C)OC(=O)NCCCCC(=O)OCC(=O)c1ccc(-c2ccc(C(=O)COC(=O)[C@@H]3CCCN3C(=O)OC(C)(C)C)s2)s1. The van der Waals surface area contributed by atoms with Crippen LogP contribution in [0.25, 0.3) is 9.75 Å². The first-order valence-electron chi connectivity index (χ1n) is 15.1. The number of thiophene rings is 2. The molecular weight excluding hydrogens is 636 g/mol. The summed E-state index contributed by atoms with van der Waals surface area (Å²) >= 11 is 2.42. The van der Waals surface area contributed by atoms with E-state index < -0.39 is 48.0 Å². The van der Waals surface area contributed by atoms with Crippen LogP contribution in [-0.4, -0.2) is 84.1 Å². The first kappa shape index (κ1) is 36.7. The maximum absolute atomic E-state index is 12.8. The van der Waals surface area contributed by atoms with Crippen molar-refractivity contribution in [2.45, 2.75) is 90.9 Å². The number of carbonyl (C=O) groups is 6. The van der Waals surface area contributed by atoms with Crippen molar-refractivity contribution in [2.24, 2.45) is 0 Å². The van der Waals surface area contributed by atoms with Crippen molar-refractivity contribution in [1.29, 1.82) is 0 Å². The molecule has 252 valence electrons. The molecule has 2 aromatic rings. The summed E-state index contributed by atoms with van der Waals surface area (Å²) in [5, 5.41) is 2.62. The average molecular weight is 679 g/mol. The van der Waals surface area contributed by atoms with Gasteiger partial charge in [0.2, 0.25) is 11.6 Å². The number of unbranched alkanes of at least 4 members (excludes halogenated alkanes) is 1. The molecule has 1 aliphatic heterocycles. The third-order valence-corrected chi connectivity index (χ3v) is 8.79. The number of ether oxygens (including phenoxy) is 4. The summed E-state index contributed by atoms with van der Waals surface area (Å²) < 4.78 is 20.9. The second-order valence-electron chi connectivity index (χ2n) is 12.7. The van der Waals surface area contributed by atoms with Crippen LogP contribution in [0.4, 0.5) is 9.59 Å². The van der Waals surface area contributed by atoms with E-state index in [1.54, 1.807) is 65.8 Å². The minimum Gasteiger partial charge on any atom is -0.457 e. The van der Waals surface area contributed by atoms with Gasteiger partial charge < -0.3 is 24.3 Å². The molecule has 0 aromatic carbocycles. The number of nitrogens with zero attached hydrogens (tertiary/aromatic N) is 1. The quantitative estimate of drug-likeness (QED) is 0.115. The van der Waals surface area contributed by atoms with Gasteiger partial charge >= 0.3 is 24.1 Å². The highest BCUT2D eigenvalue weighted by atomic mass is 32.1. The summed E-state index contributed by atoms with van der Waals surface area (Å²) in [6, 6.07) is 5.97. The number of hydrogen-bond acceptors (Lipinski definition) is 12. The highest BCUT2D eigenvalue weighted by Gasteiger charge is 2.38. The Morgan fingerprint density at radius 1 is 0.804 bits per heavy atom. The molecule has 1 atom stereocenters. The number of ketones is 2. The molecule has 0 bridgehead atoms. The Hall–Kier alpha value is -3.78. The largest absolute Gasteiger partial charge is 0.457 e. The minimum atomic E-state index is -0.795. The van der Waals surface area contributed by atoms with E-state index in [0.717, 1.165) is 9.75 Å². The van der Waals surface area contributed by atoms with E-state index in [4.69, 9.17) is 18.9 Å². The molecule has 1 saturated heterocycles. The van der Waals surface area contributed by atoms with Crippen molar-refractivity contribution in [3.63, 3.8) is 0 Å². The van der Waals surface area contributed by atoms with Gasteiger partial charge in [-0.3, -0.25) is 19.3 Å². The summed E-state index contributed by atoms with van der Waals surface area (Å²) in [6.45, 7) is 10.4. The van der Waals surface area contributed by atoms with E-state index in [-0.39, 0.29) is 24.6 Å². The van der Waals surface area contributed by atoms with Gasteiger partial charge in [-0.15, -0.1) is 22.7 Å². The molecule has 0 spiro atoms. The highest BCUT2D eigenvalue weighted by Crippen LogP contribution is 2.34. The van der Waals surface area contributed by atoms with Crippen LogP contribution in [0.5, 0.6) is 0 Å². The lowest BCUT2D eigenvalue weighted by Gasteiger charge is -2.27. The van der Waals surface area contributed by atoms with Gasteiger partial charge in [0.05, 0.1) is 9.75 Å². The third-order valence-electron chi connectivity index (χ3n) is 6.34. The van der Waals surface area contributed by atoms with Gasteiger partial charge in [0.1, 0.15) is 17.2 Å². The first-order chi connectivity index (χ1) is 21.5. The molecule has 1 fully saturated rings. The van der Waals surface area contributed by atoms with Gasteiger partial charge in [-0.1, -0.05) is 0 Å². The van der Waals surface area contributed by atoms with Crippen molar-refractivity contribution in [2.75, 3.05) is 26.3 Å². The summed E-state index contributed by atoms with van der Waals surface area (Å²) in [6.07, 6.45) is 1.11. The predicted molar refractivity (Wildman–Crippen MR) is 172 cm³/mol. The second kappa shape index (κ2) is 16.2. The fourth-order valence-electron chi connectivity index (χ4n) is 4.28. The summed E-state index contributed by atoms with van der Waals surface area (Å²) in [7, 11) is 0. The molecule has 0 aliphatic carbocycles. The fourth-order valence-corrected chi connectivity index (χ4v) is 6.23. The molecule has 2 aromatic heterocycles. The smallest absolute Gasteiger partial charge is 0.411 e. The number of carbonyl (C=O) groups excluding carboxylic acids is 6. The Kier molecular flexibility index (Phi) is 12.9. The van der Waals surface area contributed by atoms with E-state index >= 15 is 0 Å². The zero-order valence-electron chi connectivity index (χ0n) is 27.1. The van der Waals surface area contributed by atoms with E-state index in [2.05, 4.69) is 5.32 Å². The van der Waals surface area contributed by atoms with Crippen LogP contribution in [0.1, 0.15) is 93.0 Å². The molecule has 0 saturated carbocycles. The molecule has 12 nitrogen and oxygen atoms in total. The average Bonchev–Trinajstić information content (AvgIpc) is 3.73. The molecule has 0 unspecified atom stereocenters. The molecule has 2 amide bonds. The molecule has 3 heterocycles. The van der Waals surface area contributed by atoms with Crippen LogP contribution in [0, 0.1) is 0 Å². The van der Waals surface area contributed by atoms with Crippen molar-refractivity contribution >= 4 is 58.4 Å². The second-order valence-corrected chi connectivity index (χ2v) is 14.8. The van der Waals surface area contributed by atoms with Crippen LogP contribution in [0.15, 0.2) is 24.3 Å². The van der Waals surface area contributed by atoms with Crippen molar-refractivity contribution < 1.29 is 47.7 Å². The minimum absolute atomic E-state index is 0.114. The maximum Gasteiger partial charge on any atom is 0.411 e. The topological polar surface area (TPSA) is 155 Å². The Bertz CT molecular complexity index is 1420. The zero-order chi connectivity index (χ0) is 34.1. The van der Waals surface area contributed by atoms with E-state index in [1.807, 2.05) is 0 Å². The number of Topliss-reactive ketones (excluding diaryl/α,β-unsaturated/α-hetero) is 2. The number of esters is 2. The summed E-state index contributed by atoms with van der Waals surface area (Å²) in [5.41, 5.74) is -1.28. The molecular formula is C32H42N2O10S2. The molecule has 14 heteroatoms. The lowest BCUT2D eigenvalue weighted by Crippen LogP contribution is -2.44. The molecule has 0 radical (unpaired) electrons. The highest BCUT2D eigenvalue weighted by molar-refractivity contribution is 7.23. The van der Waals surface area contributed by atoms with Crippen LogP contribution >= 0.6 is 22.7 Å². The lowest BCUT2D eigenvalue weighted by atomic mass is 10.2. The number of hydrogen-bond donors (Lipinski definition) is 1. The van der Waals surface area contributed by atoms with Crippen molar-refractivity contribution in [1.82, 2.24) is 10.2 Å². The van der Waals surface area contributed by atoms with Crippen LogP contribution in [-0.2, 0) is 28.5 Å². The first-order valence-corrected chi connectivity index (χ1v) is 16.7. The van der Waals surface area contributed by atoms with Crippen molar-refractivity contribution in [3.05, 3.63) is 34.0 Å². The molecule has 46 heavy (non-hydrogen) atoms. The van der Waals surface area contributed by atoms with E-state index in [9.17, 15) is 28.8 Å².